The molecular formula is C42H51N9O5S. The van der Waals surface area contributed by atoms with E-state index in [9.17, 15) is 15.0 Å². The molecule has 4 bridgehead atoms. The van der Waals surface area contributed by atoms with Gasteiger partial charge in [-0.25, -0.2) is 9.97 Å². The van der Waals surface area contributed by atoms with E-state index in [4.69, 9.17) is 24.9 Å². The summed E-state index contributed by atoms with van der Waals surface area (Å²) in [5, 5.41) is 51.8. The smallest absolute Gasteiger partial charge is 0.317 e. The van der Waals surface area contributed by atoms with Crippen LogP contribution in [0.1, 0.15) is 87.6 Å². The summed E-state index contributed by atoms with van der Waals surface area (Å²) in [4.78, 5) is 22.6. The third-order valence-electron chi connectivity index (χ3n) is 12.8. The molecule has 4 aliphatic carbocycles. The number of anilines is 4. The van der Waals surface area contributed by atoms with Gasteiger partial charge in [0, 0.05) is 47.6 Å². The zero-order valence-electron chi connectivity index (χ0n) is 33.0. The molecule has 10 rings (SSSR count). The fourth-order valence-electron chi connectivity index (χ4n) is 11.9. The standard InChI is InChI=1S/C42H51N9O5S/c1-25-27-8-7-14-50(36(27)49-48-35(25)47-38-45-30-9-5-6-10-31(30)57-38)32-12-11-28(34(46-32)37(54)55)29-16-44-51(26(29)2)24-41-19-39(3)18-40(4,20-41)22-42(21-39,23-41)56-15-13-43-17-33(52)53/h5-6,9-12,16,37,43,54-55H,7-8,13-15,17-24H2,1-4H3,(H,52,53)(H,45,47,48). The minimum absolute atomic E-state index is 0.00713. The number of pyridine rings is 1. The van der Waals surface area contributed by atoms with Gasteiger partial charge in [0.05, 0.1) is 35.2 Å². The minimum atomic E-state index is -1.80. The predicted molar refractivity (Wildman–Crippen MR) is 218 cm³/mol. The lowest BCUT2D eigenvalue weighted by molar-refractivity contribution is -0.247. The molecule has 1 aliphatic heterocycles. The molecule has 300 valence electrons. The van der Waals surface area contributed by atoms with E-state index in [1.807, 2.05) is 55.3 Å². The Hall–Kier alpha value is -4.54. The van der Waals surface area contributed by atoms with Crippen molar-refractivity contribution in [2.45, 2.75) is 97.5 Å². The molecule has 4 fully saturated rings. The Labute approximate surface area is 335 Å². The van der Waals surface area contributed by atoms with E-state index in [-0.39, 0.29) is 34.1 Å². The number of nitrogens with zero attached hydrogens (tertiary/aromatic N) is 7. The van der Waals surface area contributed by atoms with Gasteiger partial charge >= 0.3 is 5.97 Å². The maximum atomic E-state index is 11.0. The van der Waals surface area contributed by atoms with Crippen molar-refractivity contribution in [1.82, 2.24) is 35.3 Å². The second-order valence-corrected chi connectivity index (χ2v) is 18.9. The van der Waals surface area contributed by atoms with Crippen LogP contribution in [-0.2, 0) is 22.5 Å². The van der Waals surface area contributed by atoms with E-state index in [2.05, 4.69) is 45.4 Å². The Morgan fingerprint density at radius 3 is 2.53 bits per heavy atom. The molecule has 0 saturated heterocycles. The van der Waals surface area contributed by atoms with Gasteiger partial charge in [-0.1, -0.05) is 37.3 Å². The van der Waals surface area contributed by atoms with Crippen LogP contribution in [0.4, 0.5) is 22.6 Å². The van der Waals surface area contributed by atoms with Crippen molar-refractivity contribution in [2.24, 2.45) is 16.2 Å². The first-order chi connectivity index (χ1) is 27.2. The lowest BCUT2D eigenvalue weighted by Crippen LogP contribution is -2.64. The zero-order chi connectivity index (χ0) is 39.7. The number of fused-ring (bicyclic) bond motifs is 2. The van der Waals surface area contributed by atoms with Gasteiger partial charge < -0.3 is 35.6 Å². The first-order valence-electron chi connectivity index (χ1n) is 20.0. The van der Waals surface area contributed by atoms with Crippen molar-refractivity contribution in [3.63, 3.8) is 0 Å². The van der Waals surface area contributed by atoms with Crippen LogP contribution < -0.4 is 15.5 Å². The van der Waals surface area contributed by atoms with Crippen LogP contribution in [-0.4, -0.2) is 83.1 Å². The van der Waals surface area contributed by atoms with Gasteiger partial charge in [0.1, 0.15) is 11.5 Å². The summed E-state index contributed by atoms with van der Waals surface area (Å²) in [6.07, 6.45) is 8.09. The Morgan fingerprint density at radius 1 is 0.982 bits per heavy atom. The highest BCUT2D eigenvalue weighted by Crippen LogP contribution is 2.72. The number of ether oxygens (including phenoxy) is 1. The Kier molecular flexibility index (Phi) is 9.39. The van der Waals surface area contributed by atoms with E-state index in [1.54, 1.807) is 11.3 Å². The summed E-state index contributed by atoms with van der Waals surface area (Å²) in [5.74, 6) is 1.09. The normalized spacial score (nSPS) is 26.4. The lowest BCUT2D eigenvalue weighted by Gasteiger charge is -2.69. The van der Waals surface area contributed by atoms with Crippen LogP contribution in [0.2, 0.25) is 0 Å². The van der Waals surface area contributed by atoms with Gasteiger partial charge in [0.15, 0.2) is 23.1 Å². The largest absolute Gasteiger partial charge is 0.480 e. The third-order valence-corrected chi connectivity index (χ3v) is 13.8. The van der Waals surface area contributed by atoms with E-state index in [1.165, 1.54) is 6.42 Å². The molecule has 2 atom stereocenters. The van der Waals surface area contributed by atoms with Crippen molar-refractivity contribution < 1.29 is 24.9 Å². The number of para-hydroxylation sites is 1. The molecule has 14 nitrogen and oxygen atoms in total. The quantitative estimate of drug-likeness (QED) is 0.0637. The summed E-state index contributed by atoms with van der Waals surface area (Å²) in [5.41, 5.74) is 5.62. The van der Waals surface area contributed by atoms with E-state index in [0.29, 0.717) is 42.7 Å². The van der Waals surface area contributed by atoms with Crippen molar-refractivity contribution in [1.29, 1.82) is 0 Å². The molecule has 5 N–H and O–H groups in total. The average molecular weight is 794 g/mol. The van der Waals surface area contributed by atoms with Gasteiger partial charge in [-0.15, -0.1) is 10.2 Å². The van der Waals surface area contributed by atoms with Crippen LogP contribution in [0, 0.1) is 30.1 Å². The van der Waals surface area contributed by atoms with E-state index >= 15 is 0 Å². The molecule has 0 amide bonds. The van der Waals surface area contributed by atoms with Gasteiger partial charge in [-0.05, 0) is 106 Å². The number of carboxylic acid groups (broad SMARTS) is 1. The van der Waals surface area contributed by atoms with E-state index < -0.39 is 12.3 Å². The number of aliphatic carboxylic acids is 1. The second-order valence-electron chi connectivity index (χ2n) is 17.9. The number of aliphatic hydroxyl groups excluding tert-OH is 1. The maximum Gasteiger partial charge on any atom is 0.317 e. The van der Waals surface area contributed by atoms with Gasteiger partial charge in [0.25, 0.3) is 0 Å². The lowest BCUT2D eigenvalue weighted by atomic mass is 9.39. The van der Waals surface area contributed by atoms with E-state index in [0.717, 1.165) is 89.2 Å². The van der Waals surface area contributed by atoms with Crippen LogP contribution in [0.25, 0.3) is 21.3 Å². The van der Waals surface area contributed by atoms with Crippen LogP contribution in [0.5, 0.6) is 0 Å². The number of aromatic nitrogens is 6. The number of carbonyl (C=O) groups is 1. The minimum Gasteiger partial charge on any atom is -0.480 e. The average Bonchev–Trinajstić information content (AvgIpc) is 3.72. The van der Waals surface area contributed by atoms with Crippen molar-refractivity contribution in [2.75, 3.05) is 36.5 Å². The second kappa shape index (κ2) is 14.1. The highest BCUT2D eigenvalue weighted by Gasteiger charge is 2.66. The number of hydrogen-bond acceptors (Lipinski definition) is 13. The van der Waals surface area contributed by atoms with Gasteiger partial charge in [-0.3, -0.25) is 9.48 Å². The summed E-state index contributed by atoms with van der Waals surface area (Å²) in [6.45, 7) is 11.2. The molecule has 15 heteroatoms. The first kappa shape index (κ1) is 38.0. The molecule has 0 spiro atoms. The molecule has 4 saturated carbocycles. The van der Waals surface area contributed by atoms with Crippen LogP contribution in [0.15, 0.2) is 42.6 Å². The number of carboxylic acids is 1. The molecular weight excluding hydrogens is 743 g/mol. The molecule has 2 unspecified atom stereocenters. The third kappa shape index (κ3) is 7.07. The highest BCUT2D eigenvalue weighted by atomic mass is 32.1. The fourth-order valence-corrected chi connectivity index (χ4v) is 12.7. The number of hydrogen-bond donors (Lipinski definition) is 5. The molecule has 1 aromatic carbocycles. The Morgan fingerprint density at radius 2 is 1.77 bits per heavy atom. The summed E-state index contributed by atoms with van der Waals surface area (Å²) in [7, 11) is 0. The number of thiazole rings is 1. The Balaban J connectivity index is 0.963. The Bertz CT molecular complexity index is 2310. The molecule has 5 aliphatic rings. The number of nitrogens with one attached hydrogen (secondary N) is 2. The van der Waals surface area contributed by atoms with Gasteiger partial charge in [0.2, 0.25) is 0 Å². The zero-order valence-corrected chi connectivity index (χ0v) is 33.8. The molecule has 4 aromatic heterocycles. The van der Waals surface area contributed by atoms with Crippen molar-refractivity contribution in [3.8, 4) is 11.1 Å². The fraction of sp³-hybridized carbons (Fsp3) is 0.524. The topological polar surface area (TPSA) is 184 Å². The number of benzene rings is 1. The summed E-state index contributed by atoms with van der Waals surface area (Å²) in [6, 6.07) is 11.9. The maximum absolute atomic E-state index is 11.0. The first-order valence-corrected chi connectivity index (χ1v) is 20.8. The van der Waals surface area contributed by atoms with Crippen molar-refractivity contribution >= 4 is 50.1 Å². The monoisotopic (exact) mass is 793 g/mol. The molecule has 0 radical (unpaired) electrons. The highest BCUT2D eigenvalue weighted by molar-refractivity contribution is 7.22. The molecule has 5 aromatic rings. The SMILES string of the molecule is Cc1c(Nc2nc3ccccc3s2)nnc2c1CCCN2c1ccc(-c2cnn(CC34CC5(C)CC(C)(C3)CC(OCCNCC(=O)O)(C5)C4)c2C)c(C(O)O)n1. The molecule has 5 heterocycles. The predicted octanol–water partition coefficient (Wildman–Crippen LogP) is 6.58. The van der Waals surface area contributed by atoms with Crippen LogP contribution >= 0.6 is 11.3 Å². The summed E-state index contributed by atoms with van der Waals surface area (Å²) < 4.78 is 9.92. The summed E-state index contributed by atoms with van der Waals surface area (Å²) >= 11 is 1.57. The number of aliphatic hydroxyl groups is 2. The van der Waals surface area contributed by atoms with Crippen LogP contribution in [0.3, 0.4) is 0 Å². The van der Waals surface area contributed by atoms with Crippen molar-refractivity contribution in [3.05, 3.63) is 65.1 Å². The molecule has 57 heavy (non-hydrogen) atoms. The number of rotatable bonds is 13. The van der Waals surface area contributed by atoms with Gasteiger partial charge in [-0.2, -0.15) is 5.10 Å².